The lowest BCUT2D eigenvalue weighted by Crippen LogP contribution is -2.37. The third kappa shape index (κ3) is 4.39. The van der Waals surface area contributed by atoms with Crippen LogP contribution in [0.3, 0.4) is 0 Å². The smallest absolute Gasteiger partial charge is 0.253 e. The lowest BCUT2D eigenvalue weighted by atomic mass is 10.1. The van der Waals surface area contributed by atoms with Crippen LogP contribution in [0, 0.1) is 13.8 Å². The molecule has 146 valence electrons. The van der Waals surface area contributed by atoms with Gasteiger partial charge in [-0.1, -0.05) is 23.7 Å². The number of nitrogens with one attached hydrogen (secondary N) is 1. The number of hydrogen-bond acceptors (Lipinski definition) is 2. The summed E-state index contributed by atoms with van der Waals surface area (Å²) in [6.45, 7) is 11.1. The number of carbonyl (C=O) groups excluding carboxylic acids is 1. The van der Waals surface area contributed by atoms with Crippen molar-refractivity contribution in [2.45, 2.75) is 52.6 Å². The highest BCUT2D eigenvalue weighted by Crippen LogP contribution is 2.27. The molecule has 1 aliphatic rings. The highest BCUT2D eigenvalue weighted by molar-refractivity contribution is 6.30. The summed E-state index contributed by atoms with van der Waals surface area (Å²) in [7, 11) is 0. The van der Waals surface area contributed by atoms with E-state index in [0.717, 1.165) is 40.6 Å². The van der Waals surface area contributed by atoms with Crippen molar-refractivity contribution in [1.82, 2.24) is 14.8 Å². The van der Waals surface area contributed by atoms with Crippen molar-refractivity contribution in [2.24, 2.45) is 0 Å². The lowest BCUT2D eigenvalue weighted by molar-refractivity contribution is 0.0937. The van der Waals surface area contributed by atoms with Gasteiger partial charge in [0, 0.05) is 29.0 Å². The minimum Gasteiger partial charge on any atom is -0.350 e. The van der Waals surface area contributed by atoms with E-state index in [9.17, 15) is 4.79 Å². The van der Waals surface area contributed by atoms with Crippen LogP contribution in [0.15, 0.2) is 30.3 Å². The molecular formula is C22H30ClN3O. The first-order valence-electron chi connectivity index (χ1n) is 9.84. The predicted molar refractivity (Wildman–Crippen MR) is 112 cm³/mol. The van der Waals surface area contributed by atoms with Gasteiger partial charge in [0.05, 0.1) is 11.6 Å². The normalized spacial score (nSPS) is 16.1. The first-order chi connectivity index (χ1) is 12.9. The summed E-state index contributed by atoms with van der Waals surface area (Å²) in [5, 5.41) is 3.92. The highest BCUT2D eigenvalue weighted by atomic mass is 35.5. The van der Waals surface area contributed by atoms with Gasteiger partial charge in [-0.25, -0.2) is 0 Å². The Balaban J connectivity index is 1.77. The molecule has 1 atom stereocenters. The van der Waals surface area contributed by atoms with E-state index in [1.807, 2.05) is 31.2 Å². The van der Waals surface area contributed by atoms with E-state index in [1.54, 1.807) is 0 Å². The van der Waals surface area contributed by atoms with Gasteiger partial charge < -0.3 is 9.88 Å². The van der Waals surface area contributed by atoms with E-state index in [0.29, 0.717) is 12.6 Å². The Labute approximate surface area is 167 Å². The monoisotopic (exact) mass is 387 g/mol. The molecule has 0 radical (unpaired) electrons. The van der Waals surface area contributed by atoms with Gasteiger partial charge in [-0.3, -0.25) is 9.69 Å². The Kier molecular flexibility index (Phi) is 6.28. The molecule has 1 saturated heterocycles. The zero-order chi connectivity index (χ0) is 19.6. The maximum absolute atomic E-state index is 12.9. The molecule has 2 heterocycles. The summed E-state index contributed by atoms with van der Waals surface area (Å²) in [5.74, 6) is 0.00113. The summed E-state index contributed by atoms with van der Waals surface area (Å²) in [5.41, 5.74) is 4.09. The molecule has 0 bridgehead atoms. The van der Waals surface area contributed by atoms with Gasteiger partial charge in [-0.2, -0.15) is 0 Å². The summed E-state index contributed by atoms with van der Waals surface area (Å²) in [6.07, 6.45) is 2.42. The minimum absolute atomic E-state index is 0.00113. The molecule has 3 rings (SSSR count). The third-order valence-electron chi connectivity index (χ3n) is 5.52. The second kappa shape index (κ2) is 8.49. The average Bonchev–Trinajstić information content (AvgIpc) is 3.23. The minimum atomic E-state index is 0.00113. The molecule has 0 spiro atoms. The van der Waals surface area contributed by atoms with Crippen LogP contribution in [0.5, 0.6) is 0 Å². The van der Waals surface area contributed by atoms with E-state index in [4.69, 9.17) is 11.6 Å². The number of carbonyl (C=O) groups is 1. The second-order valence-electron chi connectivity index (χ2n) is 7.77. The van der Waals surface area contributed by atoms with Gasteiger partial charge in [0.1, 0.15) is 0 Å². The number of hydrogen-bond donors (Lipinski definition) is 1. The highest BCUT2D eigenvalue weighted by Gasteiger charge is 2.25. The Morgan fingerprint density at radius 2 is 1.89 bits per heavy atom. The van der Waals surface area contributed by atoms with Crippen molar-refractivity contribution >= 4 is 17.5 Å². The van der Waals surface area contributed by atoms with Crippen LogP contribution in [0.1, 0.15) is 66.1 Å². The molecule has 1 unspecified atom stereocenters. The summed E-state index contributed by atoms with van der Waals surface area (Å²) < 4.78 is 2.21. The van der Waals surface area contributed by atoms with Gasteiger partial charge in [0.2, 0.25) is 0 Å². The number of aryl methyl sites for hydroxylation is 1. The number of rotatable bonds is 6. The van der Waals surface area contributed by atoms with Gasteiger partial charge in [-0.05, 0) is 77.4 Å². The fourth-order valence-corrected chi connectivity index (χ4v) is 4.51. The molecule has 1 fully saturated rings. The predicted octanol–water partition coefficient (Wildman–Crippen LogP) is 4.91. The SMILES string of the molecule is Cc1cc(C(=O)NCC(c2cccc(Cl)c2)N2CCCC2)c(C)n1C(C)C. The molecule has 2 aromatic rings. The molecule has 4 nitrogen and oxygen atoms in total. The third-order valence-corrected chi connectivity index (χ3v) is 5.75. The van der Waals surface area contributed by atoms with Gasteiger partial charge in [0.15, 0.2) is 0 Å². The largest absolute Gasteiger partial charge is 0.350 e. The lowest BCUT2D eigenvalue weighted by Gasteiger charge is -2.28. The van der Waals surface area contributed by atoms with Gasteiger partial charge in [0.25, 0.3) is 5.91 Å². The number of likely N-dealkylation sites (tertiary alicyclic amines) is 1. The quantitative estimate of drug-likeness (QED) is 0.764. The number of benzene rings is 1. The number of amides is 1. The molecule has 0 aliphatic carbocycles. The van der Waals surface area contributed by atoms with E-state index in [-0.39, 0.29) is 11.9 Å². The molecule has 1 amide bonds. The van der Waals surface area contributed by atoms with E-state index >= 15 is 0 Å². The molecule has 0 saturated carbocycles. The fourth-order valence-electron chi connectivity index (χ4n) is 4.31. The van der Waals surface area contributed by atoms with Crippen LogP contribution in [0.2, 0.25) is 5.02 Å². The first-order valence-corrected chi connectivity index (χ1v) is 10.2. The maximum Gasteiger partial charge on any atom is 0.253 e. The molecule has 1 aromatic heterocycles. The van der Waals surface area contributed by atoms with Crippen LogP contribution in [0.4, 0.5) is 0 Å². The molecule has 1 N–H and O–H groups in total. The molecule has 1 aromatic carbocycles. The first kappa shape index (κ1) is 20.0. The van der Waals surface area contributed by atoms with Crippen LogP contribution in [-0.4, -0.2) is 35.0 Å². The molecule has 1 aliphatic heterocycles. The van der Waals surface area contributed by atoms with Gasteiger partial charge in [-0.15, -0.1) is 0 Å². The topological polar surface area (TPSA) is 37.3 Å². The zero-order valence-electron chi connectivity index (χ0n) is 16.8. The van der Waals surface area contributed by atoms with Crippen molar-refractivity contribution in [2.75, 3.05) is 19.6 Å². The Morgan fingerprint density at radius 1 is 1.19 bits per heavy atom. The van der Waals surface area contributed by atoms with Crippen LogP contribution >= 0.6 is 11.6 Å². The number of aromatic nitrogens is 1. The molecule has 5 heteroatoms. The van der Waals surface area contributed by atoms with Crippen molar-refractivity contribution in [1.29, 1.82) is 0 Å². The van der Waals surface area contributed by atoms with E-state index < -0.39 is 0 Å². The Hall–Kier alpha value is -1.78. The van der Waals surface area contributed by atoms with E-state index in [1.165, 1.54) is 12.8 Å². The second-order valence-corrected chi connectivity index (χ2v) is 8.21. The van der Waals surface area contributed by atoms with E-state index in [2.05, 4.69) is 41.6 Å². The standard InChI is InChI=1S/C22H30ClN3O/c1-15(2)26-16(3)12-20(17(26)4)22(27)24-14-21(25-10-5-6-11-25)18-8-7-9-19(23)13-18/h7-9,12-13,15,21H,5-6,10-11,14H2,1-4H3,(H,24,27). The summed E-state index contributed by atoms with van der Waals surface area (Å²) >= 11 is 6.22. The van der Waals surface area contributed by atoms with Gasteiger partial charge >= 0.3 is 0 Å². The Bertz CT molecular complexity index is 806. The van der Waals surface area contributed by atoms with Crippen molar-refractivity contribution in [3.63, 3.8) is 0 Å². The van der Waals surface area contributed by atoms with Crippen molar-refractivity contribution < 1.29 is 4.79 Å². The van der Waals surface area contributed by atoms with Crippen molar-refractivity contribution in [3.05, 3.63) is 57.9 Å². The Morgan fingerprint density at radius 3 is 2.48 bits per heavy atom. The van der Waals surface area contributed by atoms with Crippen molar-refractivity contribution in [3.8, 4) is 0 Å². The fraction of sp³-hybridized carbons (Fsp3) is 0.500. The maximum atomic E-state index is 12.9. The number of halogens is 1. The van der Waals surface area contributed by atoms with Crippen LogP contribution < -0.4 is 5.32 Å². The zero-order valence-corrected chi connectivity index (χ0v) is 17.5. The summed E-state index contributed by atoms with van der Waals surface area (Å²) in [6, 6.07) is 10.5. The van der Waals surface area contributed by atoms with Crippen LogP contribution in [-0.2, 0) is 0 Å². The average molecular weight is 388 g/mol. The summed E-state index contributed by atoms with van der Waals surface area (Å²) in [4.78, 5) is 15.3. The molecule has 27 heavy (non-hydrogen) atoms. The number of nitrogens with zero attached hydrogens (tertiary/aromatic N) is 2. The molecular weight excluding hydrogens is 358 g/mol. The van der Waals surface area contributed by atoms with Crippen LogP contribution in [0.25, 0.3) is 0 Å².